The first-order valence-electron chi connectivity index (χ1n) is 7.52. The van der Waals surface area contributed by atoms with E-state index in [0.29, 0.717) is 5.65 Å². The van der Waals surface area contributed by atoms with Crippen molar-refractivity contribution in [3.63, 3.8) is 0 Å². The monoisotopic (exact) mass is 334 g/mol. The summed E-state index contributed by atoms with van der Waals surface area (Å²) in [5, 5.41) is 4.36. The van der Waals surface area contributed by atoms with E-state index >= 15 is 0 Å². The molecule has 3 aromatic rings. The first-order valence-corrected chi connectivity index (χ1v) is 7.52. The third-order valence-corrected chi connectivity index (χ3v) is 4.11. The lowest BCUT2D eigenvalue weighted by molar-refractivity contribution is -0.0233. The average Bonchev–Trinajstić information content (AvgIpc) is 3.30. The molecule has 0 radical (unpaired) electrons. The quantitative estimate of drug-likeness (QED) is 0.737. The van der Waals surface area contributed by atoms with E-state index in [2.05, 4.69) is 10.1 Å². The van der Waals surface area contributed by atoms with Gasteiger partial charge in [-0.1, -0.05) is 12.1 Å². The molecular formula is C16H13F3N4O. The Morgan fingerprint density at radius 1 is 1.21 bits per heavy atom. The van der Waals surface area contributed by atoms with Gasteiger partial charge in [0.25, 0.3) is 11.5 Å². The summed E-state index contributed by atoms with van der Waals surface area (Å²) in [6.07, 6.45) is 4.44. The zero-order chi connectivity index (χ0) is 16.9. The van der Waals surface area contributed by atoms with E-state index in [1.807, 2.05) is 0 Å². The smallest absolute Gasteiger partial charge is 0.290 e. The lowest BCUT2D eigenvalue weighted by Gasteiger charge is -2.17. The molecule has 2 aromatic heterocycles. The van der Waals surface area contributed by atoms with Crippen LogP contribution in [0.1, 0.15) is 24.4 Å². The van der Waals surface area contributed by atoms with Crippen LogP contribution in [0, 0.1) is 5.82 Å². The number of rotatable bonds is 4. The molecule has 0 spiro atoms. The third-order valence-electron chi connectivity index (χ3n) is 4.11. The zero-order valence-corrected chi connectivity index (χ0v) is 12.5. The van der Waals surface area contributed by atoms with E-state index in [9.17, 15) is 18.0 Å². The molecule has 124 valence electrons. The summed E-state index contributed by atoms with van der Waals surface area (Å²) in [5.41, 5.74) is -0.498. The standard InChI is InChI=1S/C16H13F3N4O/c17-11-3-1-10(2-4-11)16(18,19)8-22-9-20-14-13(15(22)24)7-21-23(14)12-5-6-12/h1-4,7,9,12H,5-6,8H2. The number of benzene rings is 1. The molecule has 0 amide bonds. The highest BCUT2D eigenvalue weighted by Gasteiger charge is 2.33. The van der Waals surface area contributed by atoms with Gasteiger partial charge in [0, 0.05) is 5.56 Å². The number of aromatic nitrogens is 4. The molecule has 1 aliphatic carbocycles. The van der Waals surface area contributed by atoms with Crippen LogP contribution in [0.5, 0.6) is 0 Å². The van der Waals surface area contributed by atoms with Crippen LogP contribution in [-0.4, -0.2) is 19.3 Å². The fourth-order valence-corrected chi connectivity index (χ4v) is 2.66. The molecule has 0 unspecified atom stereocenters. The van der Waals surface area contributed by atoms with Gasteiger partial charge in [0.15, 0.2) is 5.65 Å². The van der Waals surface area contributed by atoms with Gasteiger partial charge in [-0.25, -0.2) is 14.1 Å². The van der Waals surface area contributed by atoms with Crippen LogP contribution in [0.2, 0.25) is 0 Å². The molecule has 1 aromatic carbocycles. The van der Waals surface area contributed by atoms with Crippen LogP contribution in [0.15, 0.2) is 41.6 Å². The van der Waals surface area contributed by atoms with Crippen LogP contribution in [0.4, 0.5) is 13.2 Å². The lowest BCUT2D eigenvalue weighted by atomic mass is 10.1. The van der Waals surface area contributed by atoms with E-state index in [1.165, 1.54) is 6.20 Å². The highest BCUT2D eigenvalue weighted by molar-refractivity contribution is 5.73. The predicted molar refractivity (Wildman–Crippen MR) is 80.4 cm³/mol. The number of halogens is 3. The average molecular weight is 334 g/mol. The summed E-state index contributed by atoms with van der Waals surface area (Å²) in [7, 11) is 0. The van der Waals surface area contributed by atoms with Crippen molar-refractivity contribution in [3.8, 4) is 0 Å². The highest BCUT2D eigenvalue weighted by atomic mass is 19.3. The van der Waals surface area contributed by atoms with Crippen LogP contribution in [-0.2, 0) is 12.5 Å². The van der Waals surface area contributed by atoms with E-state index in [-0.39, 0.29) is 17.0 Å². The van der Waals surface area contributed by atoms with Crippen LogP contribution in [0.25, 0.3) is 11.0 Å². The Morgan fingerprint density at radius 3 is 2.58 bits per heavy atom. The van der Waals surface area contributed by atoms with Gasteiger partial charge in [-0.15, -0.1) is 0 Å². The molecule has 1 fully saturated rings. The maximum atomic E-state index is 14.4. The molecule has 4 rings (SSSR count). The molecule has 1 saturated carbocycles. The van der Waals surface area contributed by atoms with Crippen molar-refractivity contribution in [2.24, 2.45) is 0 Å². The van der Waals surface area contributed by atoms with Gasteiger partial charge in [0.05, 0.1) is 18.8 Å². The zero-order valence-electron chi connectivity index (χ0n) is 12.5. The molecule has 0 bridgehead atoms. The summed E-state index contributed by atoms with van der Waals surface area (Å²) in [5.74, 6) is -3.92. The highest BCUT2D eigenvalue weighted by Crippen LogP contribution is 2.35. The van der Waals surface area contributed by atoms with Crippen LogP contribution < -0.4 is 5.56 Å². The molecular weight excluding hydrogens is 321 g/mol. The van der Waals surface area contributed by atoms with E-state index in [4.69, 9.17) is 0 Å². The number of nitrogens with zero attached hydrogens (tertiary/aromatic N) is 4. The lowest BCUT2D eigenvalue weighted by Crippen LogP contribution is -2.29. The van der Waals surface area contributed by atoms with Gasteiger partial charge < -0.3 is 0 Å². The van der Waals surface area contributed by atoms with Crippen molar-refractivity contribution in [2.75, 3.05) is 0 Å². The maximum absolute atomic E-state index is 14.4. The second kappa shape index (κ2) is 5.19. The van der Waals surface area contributed by atoms with Gasteiger partial charge in [-0.05, 0) is 25.0 Å². The normalized spacial score (nSPS) is 15.1. The first-order chi connectivity index (χ1) is 11.5. The summed E-state index contributed by atoms with van der Waals surface area (Å²) in [4.78, 5) is 16.5. The van der Waals surface area contributed by atoms with E-state index in [1.54, 1.807) is 4.68 Å². The maximum Gasteiger partial charge on any atom is 0.290 e. The van der Waals surface area contributed by atoms with E-state index in [0.717, 1.165) is 48.0 Å². The summed E-state index contributed by atoms with van der Waals surface area (Å²) >= 11 is 0. The van der Waals surface area contributed by atoms with Crippen molar-refractivity contribution in [1.29, 1.82) is 0 Å². The second-order valence-electron chi connectivity index (χ2n) is 5.95. The van der Waals surface area contributed by atoms with Gasteiger partial charge in [0.2, 0.25) is 0 Å². The molecule has 24 heavy (non-hydrogen) atoms. The SMILES string of the molecule is O=c1c2cnn(C3CC3)c2ncn1CC(F)(F)c1ccc(F)cc1. The van der Waals surface area contributed by atoms with Crippen molar-refractivity contribution >= 4 is 11.0 Å². The molecule has 1 aliphatic rings. The third kappa shape index (κ3) is 2.47. The van der Waals surface area contributed by atoms with Crippen molar-refractivity contribution in [1.82, 2.24) is 19.3 Å². The van der Waals surface area contributed by atoms with Crippen LogP contribution in [0.3, 0.4) is 0 Å². The Bertz CT molecular complexity index is 958. The Kier molecular flexibility index (Phi) is 3.22. The molecule has 0 saturated heterocycles. The molecule has 5 nitrogen and oxygen atoms in total. The minimum atomic E-state index is -3.32. The molecule has 0 N–H and O–H groups in total. The molecule has 0 aliphatic heterocycles. The second-order valence-corrected chi connectivity index (χ2v) is 5.95. The van der Waals surface area contributed by atoms with Crippen molar-refractivity contribution in [3.05, 3.63) is 58.5 Å². The van der Waals surface area contributed by atoms with Gasteiger partial charge in [-0.3, -0.25) is 9.36 Å². The minimum Gasteiger partial charge on any atom is -0.292 e. The number of hydrogen-bond acceptors (Lipinski definition) is 3. The summed E-state index contributed by atoms with van der Waals surface area (Å²) in [6, 6.07) is 4.20. The minimum absolute atomic E-state index is 0.222. The Morgan fingerprint density at radius 2 is 1.92 bits per heavy atom. The Labute approximate surface area is 134 Å². The fourth-order valence-electron chi connectivity index (χ4n) is 2.66. The van der Waals surface area contributed by atoms with E-state index < -0.39 is 23.8 Å². The largest absolute Gasteiger partial charge is 0.292 e. The first kappa shape index (κ1) is 14.9. The number of fused-ring (bicyclic) bond motifs is 1. The fraction of sp³-hybridized carbons (Fsp3) is 0.312. The summed E-state index contributed by atoms with van der Waals surface area (Å²) < 4.78 is 44.2. The topological polar surface area (TPSA) is 52.7 Å². The molecule has 8 heteroatoms. The summed E-state index contributed by atoms with van der Waals surface area (Å²) in [6.45, 7) is -0.866. The van der Waals surface area contributed by atoms with Gasteiger partial charge in [-0.2, -0.15) is 13.9 Å². The number of hydrogen-bond donors (Lipinski definition) is 0. The van der Waals surface area contributed by atoms with Crippen molar-refractivity contribution in [2.45, 2.75) is 31.4 Å². The Balaban J connectivity index is 1.70. The van der Waals surface area contributed by atoms with Gasteiger partial charge in [0.1, 0.15) is 17.5 Å². The number of alkyl halides is 2. The Hall–Kier alpha value is -2.64. The van der Waals surface area contributed by atoms with Crippen molar-refractivity contribution < 1.29 is 13.2 Å². The van der Waals surface area contributed by atoms with Gasteiger partial charge >= 0.3 is 0 Å². The predicted octanol–water partition coefficient (Wildman–Crippen LogP) is 2.86. The molecule has 2 heterocycles. The molecule has 0 atom stereocenters. The van der Waals surface area contributed by atoms with Crippen LogP contribution >= 0.6 is 0 Å².